The summed E-state index contributed by atoms with van der Waals surface area (Å²) in [6, 6.07) is 6.93. The predicted octanol–water partition coefficient (Wildman–Crippen LogP) is 5.14. The summed E-state index contributed by atoms with van der Waals surface area (Å²) in [6.07, 6.45) is 5.02. The molecule has 3 N–H and O–H groups in total. The first-order valence-corrected chi connectivity index (χ1v) is 16.1. The number of piperazine rings is 1. The quantitative estimate of drug-likeness (QED) is 0.475. The third-order valence-electron chi connectivity index (χ3n) is 8.82. The van der Waals surface area contributed by atoms with Gasteiger partial charge >= 0.3 is 0 Å². The SMILES string of the molecule is C=C1CN2C(=O)C(C(C)C)OC2C2CCCN12.CC(C)C.CN1CC(C(N)=O)C=C2c3cccc4[nH]c(Br)c(c34)CC21. The second kappa shape index (κ2) is 12.2. The number of halogens is 1. The van der Waals surface area contributed by atoms with Gasteiger partial charge in [0.2, 0.25) is 5.91 Å². The maximum atomic E-state index is 12.3. The van der Waals surface area contributed by atoms with Crippen LogP contribution in [0.3, 0.4) is 0 Å². The van der Waals surface area contributed by atoms with Crippen molar-refractivity contribution in [2.24, 2.45) is 23.5 Å². The molecule has 0 saturated carbocycles. The van der Waals surface area contributed by atoms with Gasteiger partial charge in [-0.2, -0.15) is 0 Å². The Morgan fingerprint density at radius 1 is 1.19 bits per heavy atom. The van der Waals surface area contributed by atoms with Gasteiger partial charge in [-0.05, 0) is 76.8 Å². The lowest BCUT2D eigenvalue weighted by atomic mass is 9.80. The van der Waals surface area contributed by atoms with E-state index in [0.717, 1.165) is 41.1 Å². The second-order valence-corrected chi connectivity index (χ2v) is 14.1. The van der Waals surface area contributed by atoms with Gasteiger partial charge in [-0.3, -0.25) is 14.5 Å². The van der Waals surface area contributed by atoms with Crippen molar-refractivity contribution in [2.45, 2.75) is 78.3 Å². The Hall–Kier alpha value is -2.62. The Morgan fingerprint density at radius 2 is 1.90 bits per heavy atom. The van der Waals surface area contributed by atoms with Crippen molar-refractivity contribution in [3.63, 3.8) is 0 Å². The van der Waals surface area contributed by atoms with Gasteiger partial charge in [-0.25, -0.2) is 0 Å². The highest BCUT2D eigenvalue weighted by molar-refractivity contribution is 9.10. The van der Waals surface area contributed by atoms with Crippen molar-refractivity contribution in [1.82, 2.24) is 19.7 Å². The topological polar surface area (TPSA) is 94.9 Å². The number of fused-ring (bicyclic) bond motifs is 5. The van der Waals surface area contributed by atoms with Gasteiger partial charge in [-0.1, -0.05) is 59.4 Å². The van der Waals surface area contributed by atoms with Gasteiger partial charge in [0, 0.05) is 35.7 Å². The number of amides is 2. The summed E-state index contributed by atoms with van der Waals surface area (Å²) in [7, 11) is 2.07. The Kier molecular flexibility index (Phi) is 8.93. The molecule has 9 heteroatoms. The first-order chi connectivity index (χ1) is 19.9. The molecule has 5 atom stereocenters. The zero-order valence-corrected chi connectivity index (χ0v) is 27.4. The number of hydrogen-bond donors (Lipinski definition) is 2. The van der Waals surface area contributed by atoms with E-state index in [2.05, 4.69) is 89.4 Å². The number of rotatable bonds is 2. The van der Waals surface area contributed by atoms with Crippen LogP contribution >= 0.6 is 15.9 Å². The molecule has 7 rings (SSSR count). The maximum Gasteiger partial charge on any atom is 0.254 e. The highest BCUT2D eigenvalue weighted by Gasteiger charge is 2.51. The molecule has 8 nitrogen and oxygen atoms in total. The molecule has 5 heterocycles. The van der Waals surface area contributed by atoms with Crippen LogP contribution in [0.4, 0.5) is 0 Å². The Labute approximate surface area is 258 Å². The number of nitrogens with zero attached hydrogens (tertiary/aromatic N) is 3. The number of ether oxygens (including phenoxy) is 1. The number of H-pyrrole nitrogens is 1. The number of likely N-dealkylation sites (N-methyl/N-ethyl adjacent to an activating group) is 1. The summed E-state index contributed by atoms with van der Waals surface area (Å²) in [5, 5.41) is 1.27. The minimum Gasteiger partial charge on any atom is -0.369 e. The monoisotopic (exact) mass is 639 g/mol. The molecule has 1 aromatic carbocycles. The molecule has 42 heavy (non-hydrogen) atoms. The summed E-state index contributed by atoms with van der Waals surface area (Å²) in [5.41, 5.74) is 11.5. The fraction of sp³-hybridized carbons (Fsp3) is 0.576. The molecule has 3 saturated heterocycles. The number of aromatic nitrogens is 1. The second-order valence-electron chi connectivity index (χ2n) is 13.3. The molecule has 0 spiro atoms. The normalized spacial score (nSPS) is 28.1. The van der Waals surface area contributed by atoms with E-state index in [1.807, 2.05) is 18.7 Å². The van der Waals surface area contributed by atoms with Gasteiger partial charge in [0.1, 0.15) is 6.10 Å². The fourth-order valence-corrected chi connectivity index (χ4v) is 7.50. The van der Waals surface area contributed by atoms with Crippen LogP contribution in [-0.4, -0.2) is 82.6 Å². The van der Waals surface area contributed by atoms with Crippen LogP contribution in [0, 0.1) is 17.8 Å². The van der Waals surface area contributed by atoms with Crippen LogP contribution in [0.2, 0.25) is 0 Å². The molecule has 2 amide bonds. The zero-order chi connectivity index (χ0) is 30.5. The molecular formula is C33H46BrN5O3. The first kappa shape index (κ1) is 30.8. The van der Waals surface area contributed by atoms with Gasteiger partial charge < -0.3 is 25.3 Å². The van der Waals surface area contributed by atoms with Crippen molar-refractivity contribution < 1.29 is 14.3 Å². The van der Waals surface area contributed by atoms with E-state index in [4.69, 9.17) is 10.5 Å². The van der Waals surface area contributed by atoms with Crippen LogP contribution < -0.4 is 5.73 Å². The van der Waals surface area contributed by atoms with E-state index in [9.17, 15) is 9.59 Å². The minimum atomic E-state index is -0.256. The molecule has 4 aliphatic heterocycles. The largest absolute Gasteiger partial charge is 0.369 e. The summed E-state index contributed by atoms with van der Waals surface area (Å²) in [6.45, 7) is 17.1. The number of nitrogens with one attached hydrogen (secondary N) is 1. The smallest absolute Gasteiger partial charge is 0.254 e. The van der Waals surface area contributed by atoms with Crippen LogP contribution in [0.1, 0.15) is 58.6 Å². The predicted molar refractivity (Wildman–Crippen MR) is 171 cm³/mol. The summed E-state index contributed by atoms with van der Waals surface area (Å²) >= 11 is 3.64. The zero-order valence-electron chi connectivity index (χ0n) is 25.8. The first-order valence-electron chi connectivity index (χ1n) is 15.3. The molecule has 1 aliphatic carbocycles. The van der Waals surface area contributed by atoms with E-state index in [1.165, 1.54) is 28.5 Å². The summed E-state index contributed by atoms with van der Waals surface area (Å²) < 4.78 is 7.06. The number of nitrogens with two attached hydrogens (primary N) is 1. The molecular weight excluding hydrogens is 594 g/mol. The van der Waals surface area contributed by atoms with Gasteiger partial charge in [0.25, 0.3) is 5.91 Å². The van der Waals surface area contributed by atoms with E-state index >= 15 is 0 Å². The van der Waals surface area contributed by atoms with E-state index in [-0.39, 0.29) is 36.0 Å². The van der Waals surface area contributed by atoms with Gasteiger partial charge in [-0.15, -0.1) is 0 Å². The molecule has 2 aromatic rings. The highest BCUT2D eigenvalue weighted by Crippen LogP contribution is 2.43. The van der Waals surface area contributed by atoms with E-state index in [0.29, 0.717) is 25.2 Å². The number of carbonyl (C=O) groups is 2. The third-order valence-corrected chi connectivity index (χ3v) is 9.50. The third kappa shape index (κ3) is 5.67. The van der Waals surface area contributed by atoms with Crippen molar-refractivity contribution >= 4 is 44.2 Å². The lowest BCUT2D eigenvalue weighted by Gasteiger charge is -2.42. The Balaban J connectivity index is 0.000000152. The number of hydrogen-bond acceptors (Lipinski definition) is 5. The van der Waals surface area contributed by atoms with Crippen LogP contribution in [-0.2, 0) is 20.7 Å². The maximum absolute atomic E-state index is 12.3. The average molecular weight is 641 g/mol. The standard InChI is InChI=1S/C16H16BrN3O.C13H20N2O2.C4H10/c1-20-7-8(16(18)21)5-10-9-3-2-4-12-14(9)11(6-13(10)20)15(17)19-12;1-8(2)11-12(16)15-7-9(3)14-6-4-5-10(14)13(15)17-11;1-4(2)3/h2-5,8,13,19H,6-7H2,1H3,(H2,18,21);8,10-11,13H,3-7H2,1-2H3;4H,1-3H3. The molecule has 228 valence electrons. The molecule has 5 aliphatic rings. The molecule has 0 bridgehead atoms. The van der Waals surface area contributed by atoms with E-state index in [1.54, 1.807) is 0 Å². The Bertz CT molecular complexity index is 1390. The van der Waals surface area contributed by atoms with Crippen molar-refractivity contribution in [2.75, 3.05) is 26.7 Å². The molecule has 3 fully saturated rings. The van der Waals surface area contributed by atoms with Crippen molar-refractivity contribution in [3.05, 3.63) is 52.3 Å². The summed E-state index contributed by atoms with van der Waals surface area (Å²) in [4.78, 5) is 33.7. The summed E-state index contributed by atoms with van der Waals surface area (Å²) in [5.74, 6) is 0.773. The van der Waals surface area contributed by atoms with Crippen molar-refractivity contribution in [3.8, 4) is 0 Å². The van der Waals surface area contributed by atoms with Crippen molar-refractivity contribution in [1.29, 1.82) is 0 Å². The van der Waals surface area contributed by atoms with Crippen LogP contribution in [0.5, 0.6) is 0 Å². The van der Waals surface area contributed by atoms with Crippen LogP contribution in [0.15, 0.2) is 41.2 Å². The van der Waals surface area contributed by atoms with Gasteiger partial charge in [0.15, 0.2) is 6.23 Å². The fourth-order valence-electron chi connectivity index (χ4n) is 6.92. The molecule has 5 unspecified atom stereocenters. The minimum absolute atomic E-state index is 0.0390. The van der Waals surface area contributed by atoms with Crippen LogP contribution in [0.25, 0.3) is 16.5 Å². The number of carbonyl (C=O) groups excluding carboxylic acids is 2. The Morgan fingerprint density at radius 3 is 2.57 bits per heavy atom. The number of benzene rings is 1. The average Bonchev–Trinajstić information content (AvgIpc) is 3.62. The van der Waals surface area contributed by atoms with E-state index < -0.39 is 0 Å². The highest BCUT2D eigenvalue weighted by atomic mass is 79.9. The lowest BCUT2D eigenvalue weighted by molar-refractivity contribution is -0.132. The number of aromatic amines is 1. The number of primary amides is 1. The lowest BCUT2D eigenvalue weighted by Crippen LogP contribution is -2.54. The van der Waals surface area contributed by atoms with Gasteiger partial charge in [0.05, 0.1) is 23.1 Å². The molecule has 1 aromatic heterocycles. The molecule has 0 radical (unpaired) electrons.